The molecule has 0 radical (unpaired) electrons. The van der Waals surface area contributed by atoms with Crippen LogP contribution in [0.15, 0.2) is 29.6 Å². The van der Waals surface area contributed by atoms with E-state index in [1.807, 2.05) is 6.92 Å². The van der Waals surface area contributed by atoms with Crippen molar-refractivity contribution in [3.8, 4) is 0 Å². The summed E-state index contributed by atoms with van der Waals surface area (Å²) in [5, 5.41) is 12.0. The summed E-state index contributed by atoms with van der Waals surface area (Å²) in [6.45, 7) is 4.12. The second-order valence-corrected chi connectivity index (χ2v) is 7.37. The zero-order valence-corrected chi connectivity index (χ0v) is 14.6. The van der Waals surface area contributed by atoms with Crippen LogP contribution in [0.3, 0.4) is 0 Å². The summed E-state index contributed by atoms with van der Waals surface area (Å²) in [5.41, 5.74) is 1.57. The Kier molecular flexibility index (Phi) is 4.41. The van der Waals surface area contributed by atoms with Gasteiger partial charge in [-0.1, -0.05) is 29.8 Å². The van der Waals surface area contributed by atoms with Gasteiger partial charge in [0.1, 0.15) is 11.2 Å². The van der Waals surface area contributed by atoms with Gasteiger partial charge in [-0.2, -0.15) is 0 Å². The molecule has 0 saturated carbocycles. The molecule has 0 bridgehead atoms. The van der Waals surface area contributed by atoms with Gasteiger partial charge in [-0.3, -0.25) is 4.79 Å². The Morgan fingerprint density at radius 1 is 1.33 bits per heavy atom. The highest BCUT2D eigenvalue weighted by Crippen LogP contribution is 2.31. The van der Waals surface area contributed by atoms with E-state index in [1.165, 1.54) is 21.8 Å². The molecule has 1 aliphatic rings. The van der Waals surface area contributed by atoms with Gasteiger partial charge in [0.15, 0.2) is 0 Å². The Morgan fingerprint density at radius 3 is 2.71 bits per heavy atom. The van der Waals surface area contributed by atoms with Crippen LogP contribution >= 0.6 is 11.3 Å². The number of carbonyl (C=O) groups excluding carboxylic acids is 1. The lowest BCUT2D eigenvalue weighted by molar-refractivity contribution is -0.147. The fraction of sp³-hybridized carbons (Fsp3) is 0.389. The quantitative estimate of drug-likeness (QED) is 0.925. The van der Waals surface area contributed by atoms with Gasteiger partial charge < -0.3 is 10.0 Å². The van der Waals surface area contributed by atoms with Crippen LogP contribution < -0.4 is 0 Å². The molecular weight excluding hydrogens is 324 g/mol. The van der Waals surface area contributed by atoms with Gasteiger partial charge in [-0.05, 0) is 32.3 Å². The van der Waals surface area contributed by atoms with Crippen molar-refractivity contribution in [2.75, 3.05) is 6.54 Å². The highest BCUT2D eigenvalue weighted by molar-refractivity contribution is 7.09. The first-order valence-corrected chi connectivity index (χ1v) is 8.83. The lowest BCUT2D eigenvalue weighted by atomic mass is 9.99. The highest BCUT2D eigenvalue weighted by atomic mass is 32.1. The Bertz CT molecular complexity index is 769. The first-order valence-electron chi connectivity index (χ1n) is 7.95. The number of nitrogens with zero attached hydrogens (tertiary/aromatic N) is 2. The minimum absolute atomic E-state index is 0.288. The van der Waals surface area contributed by atoms with Crippen LogP contribution in [0.5, 0.6) is 0 Å². The smallest absolute Gasteiger partial charge is 0.329 e. The fourth-order valence-electron chi connectivity index (χ4n) is 3.02. The van der Waals surface area contributed by atoms with Crippen LogP contribution in [0, 0.1) is 6.92 Å². The highest BCUT2D eigenvalue weighted by Gasteiger charge is 2.46. The predicted octanol–water partition coefficient (Wildman–Crippen LogP) is 3.12. The second kappa shape index (κ2) is 6.36. The molecule has 1 saturated heterocycles. The number of rotatable bonds is 4. The molecule has 126 valence electrons. The summed E-state index contributed by atoms with van der Waals surface area (Å²) >= 11 is 1.44. The van der Waals surface area contributed by atoms with E-state index < -0.39 is 11.5 Å². The van der Waals surface area contributed by atoms with Crippen molar-refractivity contribution in [3.63, 3.8) is 0 Å². The van der Waals surface area contributed by atoms with Crippen LogP contribution in [-0.4, -0.2) is 39.0 Å². The summed E-state index contributed by atoms with van der Waals surface area (Å²) in [4.78, 5) is 30.1. The van der Waals surface area contributed by atoms with E-state index in [0.717, 1.165) is 10.6 Å². The summed E-state index contributed by atoms with van der Waals surface area (Å²) < 4.78 is 0. The van der Waals surface area contributed by atoms with Crippen molar-refractivity contribution < 1.29 is 14.7 Å². The van der Waals surface area contributed by atoms with Gasteiger partial charge in [0.2, 0.25) is 0 Å². The van der Waals surface area contributed by atoms with Gasteiger partial charge in [-0.15, -0.1) is 11.3 Å². The largest absolute Gasteiger partial charge is 0.480 e. The molecule has 0 aliphatic carbocycles. The van der Waals surface area contributed by atoms with Crippen LogP contribution in [0.25, 0.3) is 0 Å². The second-order valence-electron chi connectivity index (χ2n) is 6.43. The molecule has 1 fully saturated rings. The van der Waals surface area contributed by atoms with Gasteiger partial charge in [-0.25, -0.2) is 9.78 Å². The van der Waals surface area contributed by atoms with Crippen molar-refractivity contribution in [2.24, 2.45) is 0 Å². The molecule has 2 aromatic rings. The molecule has 5 nitrogen and oxygen atoms in total. The molecule has 1 aliphatic heterocycles. The van der Waals surface area contributed by atoms with Crippen molar-refractivity contribution in [2.45, 2.75) is 38.6 Å². The van der Waals surface area contributed by atoms with E-state index in [2.05, 4.69) is 29.2 Å². The molecule has 3 rings (SSSR count). The summed E-state index contributed by atoms with van der Waals surface area (Å²) in [5.74, 6) is -1.24. The summed E-state index contributed by atoms with van der Waals surface area (Å²) in [6, 6.07) is 8.22. The number of benzene rings is 1. The lowest BCUT2D eigenvalue weighted by Crippen LogP contribution is -2.50. The third-order valence-electron chi connectivity index (χ3n) is 4.59. The number of thiazole rings is 1. The van der Waals surface area contributed by atoms with Crippen LogP contribution in [-0.2, 0) is 11.2 Å². The van der Waals surface area contributed by atoms with Crippen molar-refractivity contribution in [1.29, 1.82) is 0 Å². The molecule has 24 heavy (non-hydrogen) atoms. The van der Waals surface area contributed by atoms with Crippen molar-refractivity contribution in [3.05, 3.63) is 51.5 Å². The molecule has 1 atom stereocenters. The summed E-state index contributed by atoms with van der Waals surface area (Å²) in [6.07, 6.45) is 1.86. The predicted molar refractivity (Wildman–Crippen MR) is 92.4 cm³/mol. The number of hydrogen-bond donors (Lipinski definition) is 1. The van der Waals surface area contributed by atoms with E-state index in [1.54, 1.807) is 12.3 Å². The van der Waals surface area contributed by atoms with E-state index in [4.69, 9.17) is 0 Å². The van der Waals surface area contributed by atoms with Crippen molar-refractivity contribution in [1.82, 2.24) is 9.88 Å². The molecule has 1 amide bonds. The van der Waals surface area contributed by atoms with Gasteiger partial charge >= 0.3 is 5.97 Å². The van der Waals surface area contributed by atoms with E-state index in [-0.39, 0.29) is 5.91 Å². The maximum atomic E-state index is 12.7. The molecule has 1 unspecified atom stereocenters. The average Bonchev–Trinajstić information content (AvgIpc) is 3.16. The monoisotopic (exact) mass is 344 g/mol. The third-order valence-corrected chi connectivity index (χ3v) is 5.44. The first kappa shape index (κ1) is 16.6. The zero-order chi connectivity index (χ0) is 17.3. The van der Waals surface area contributed by atoms with Crippen LogP contribution in [0.2, 0.25) is 0 Å². The Balaban J connectivity index is 1.76. The number of amides is 1. The van der Waals surface area contributed by atoms with E-state index in [0.29, 0.717) is 31.5 Å². The topological polar surface area (TPSA) is 70.5 Å². The molecule has 1 aromatic heterocycles. The Labute approximate surface area is 145 Å². The van der Waals surface area contributed by atoms with E-state index >= 15 is 0 Å². The van der Waals surface area contributed by atoms with Crippen LogP contribution in [0.4, 0.5) is 0 Å². The number of likely N-dealkylation sites (tertiary alicyclic amines) is 1. The van der Waals surface area contributed by atoms with Gasteiger partial charge in [0.05, 0.1) is 5.01 Å². The Hall–Kier alpha value is -2.21. The molecular formula is C18H20N2O3S. The molecule has 6 heteroatoms. The SMILES string of the molecule is Cc1ccc(Cc2nc(C(=O)N3CCCC3(C)C(=O)O)cs2)cc1. The third kappa shape index (κ3) is 3.06. The summed E-state index contributed by atoms with van der Waals surface area (Å²) in [7, 11) is 0. The molecule has 1 aromatic carbocycles. The number of aliphatic carboxylic acids is 1. The molecule has 0 spiro atoms. The maximum Gasteiger partial charge on any atom is 0.329 e. The van der Waals surface area contributed by atoms with Gasteiger partial charge in [0.25, 0.3) is 5.91 Å². The lowest BCUT2D eigenvalue weighted by Gasteiger charge is -2.30. The number of aromatic nitrogens is 1. The minimum atomic E-state index is -1.13. The van der Waals surface area contributed by atoms with Crippen molar-refractivity contribution >= 4 is 23.2 Å². The van der Waals surface area contributed by atoms with Crippen LogP contribution in [0.1, 0.15) is 46.4 Å². The standard InChI is InChI=1S/C18H20N2O3S/c1-12-4-6-13(7-5-12)10-15-19-14(11-24-15)16(21)20-9-3-8-18(20,2)17(22)23/h4-7,11H,3,8-10H2,1-2H3,(H,22,23). The van der Waals surface area contributed by atoms with E-state index in [9.17, 15) is 14.7 Å². The zero-order valence-electron chi connectivity index (χ0n) is 13.8. The molecule has 2 heterocycles. The average molecular weight is 344 g/mol. The minimum Gasteiger partial charge on any atom is -0.480 e. The fourth-order valence-corrected chi connectivity index (χ4v) is 3.82. The number of carbonyl (C=O) groups is 2. The van der Waals surface area contributed by atoms with Gasteiger partial charge in [0, 0.05) is 18.3 Å². The number of carboxylic acids is 1. The first-order chi connectivity index (χ1) is 11.4. The number of hydrogen-bond acceptors (Lipinski definition) is 4. The maximum absolute atomic E-state index is 12.7. The normalized spacial score (nSPS) is 20.3. The molecule has 1 N–H and O–H groups in total. The number of aryl methyl sites for hydroxylation is 1. The Morgan fingerprint density at radius 2 is 2.04 bits per heavy atom. The number of carboxylic acid groups (broad SMARTS) is 1.